The number of urea groups is 1. The van der Waals surface area contributed by atoms with Gasteiger partial charge in [0.1, 0.15) is 5.75 Å². The van der Waals surface area contributed by atoms with Crippen molar-refractivity contribution in [3.63, 3.8) is 0 Å². The van der Waals surface area contributed by atoms with Gasteiger partial charge in [-0.1, -0.05) is 101 Å². The first-order valence-electron chi connectivity index (χ1n) is 14.7. The van der Waals surface area contributed by atoms with Gasteiger partial charge in [0, 0.05) is 29.5 Å². The molecule has 1 heterocycles. The van der Waals surface area contributed by atoms with Crippen LogP contribution in [0.5, 0.6) is 5.75 Å². The van der Waals surface area contributed by atoms with E-state index in [2.05, 4.69) is 35.6 Å². The zero-order valence-electron chi connectivity index (χ0n) is 24.2. The molecule has 0 bridgehead atoms. The van der Waals surface area contributed by atoms with E-state index in [1.807, 2.05) is 36.0 Å². The lowest BCUT2D eigenvalue weighted by Crippen LogP contribution is -2.20. The van der Waals surface area contributed by atoms with Crippen molar-refractivity contribution in [1.29, 1.82) is 0 Å². The monoisotopic (exact) mass is 651 g/mol. The topological polar surface area (TPSA) is 53.6 Å². The highest BCUT2D eigenvalue weighted by Crippen LogP contribution is 2.29. The number of thioether (sulfide) groups is 1. The van der Waals surface area contributed by atoms with Crippen molar-refractivity contribution in [2.24, 2.45) is 0 Å². The first-order valence-corrected chi connectivity index (χ1v) is 16.0. The molecule has 2 N–H and O–H groups in total. The molecule has 1 aliphatic rings. The summed E-state index contributed by atoms with van der Waals surface area (Å²) in [5.41, 5.74) is 2.56. The summed E-state index contributed by atoms with van der Waals surface area (Å²) in [6.45, 7) is 5.87. The Labute approximate surface area is 261 Å². The average Bonchev–Trinajstić information content (AvgIpc) is 3.33. The lowest BCUT2D eigenvalue weighted by molar-refractivity contribution is 0.261. The normalized spacial score (nSPS) is 12.6. The van der Waals surface area contributed by atoms with Gasteiger partial charge in [0.25, 0.3) is 0 Å². The molecule has 2 aromatic rings. The van der Waals surface area contributed by atoms with Crippen LogP contribution in [0.2, 0.25) is 5.02 Å². The van der Waals surface area contributed by atoms with Crippen LogP contribution in [-0.2, 0) is 6.54 Å². The number of amides is 2. The van der Waals surface area contributed by atoms with Gasteiger partial charge in [-0.15, -0.1) is 28.7 Å². The number of anilines is 2. The fraction of sp³-hybridized carbons (Fsp3) is 0.531. The second-order valence-electron chi connectivity index (χ2n) is 10.4. The Morgan fingerprint density at radius 2 is 1.52 bits per heavy atom. The molecule has 222 valence electrons. The first kappa shape index (κ1) is 34.4. The third kappa shape index (κ3) is 13.7. The van der Waals surface area contributed by atoms with Crippen LogP contribution in [0.25, 0.3) is 0 Å². The van der Waals surface area contributed by atoms with Crippen molar-refractivity contribution in [3.8, 4) is 5.75 Å². The molecule has 2 aromatic carbocycles. The average molecular weight is 653 g/mol. The summed E-state index contributed by atoms with van der Waals surface area (Å²) in [5.74, 6) is 1.59. The van der Waals surface area contributed by atoms with Gasteiger partial charge >= 0.3 is 6.03 Å². The van der Waals surface area contributed by atoms with E-state index in [9.17, 15) is 4.79 Å². The Balaban J connectivity index is 0.00000560. The second kappa shape index (κ2) is 20.1. The third-order valence-corrected chi connectivity index (χ3v) is 8.12. The molecular formula is C32H47BrClN3O2S. The van der Waals surface area contributed by atoms with Gasteiger partial charge in [0.2, 0.25) is 0 Å². The van der Waals surface area contributed by atoms with E-state index in [0.717, 1.165) is 31.0 Å². The van der Waals surface area contributed by atoms with Gasteiger partial charge in [0.15, 0.2) is 0 Å². The van der Waals surface area contributed by atoms with Gasteiger partial charge in [0.05, 0.1) is 18.2 Å². The van der Waals surface area contributed by atoms with E-state index < -0.39 is 0 Å². The van der Waals surface area contributed by atoms with Crippen molar-refractivity contribution >= 4 is 57.8 Å². The van der Waals surface area contributed by atoms with E-state index in [1.54, 1.807) is 18.2 Å². The molecule has 8 heteroatoms. The molecule has 0 aliphatic carbocycles. The number of rotatable bonds is 18. The molecule has 5 nitrogen and oxygen atoms in total. The Morgan fingerprint density at radius 3 is 2.12 bits per heavy atom. The van der Waals surface area contributed by atoms with Gasteiger partial charge in [-0.25, -0.2) is 4.79 Å². The van der Waals surface area contributed by atoms with Crippen LogP contribution in [0.3, 0.4) is 0 Å². The molecule has 40 heavy (non-hydrogen) atoms. The summed E-state index contributed by atoms with van der Waals surface area (Å²) in [7, 11) is 0. The number of hydrogen-bond acceptors (Lipinski definition) is 4. The minimum Gasteiger partial charge on any atom is -0.491 e. The highest BCUT2D eigenvalue weighted by atomic mass is 79.9. The maximum absolute atomic E-state index is 12.7. The summed E-state index contributed by atoms with van der Waals surface area (Å²) < 4.78 is 6.01. The van der Waals surface area contributed by atoms with Crippen LogP contribution in [0.1, 0.15) is 96.5 Å². The number of hydrogen-bond donors (Lipinski definition) is 2. The van der Waals surface area contributed by atoms with E-state index >= 15 is 0 Å². The predicted octanol–water partition coefficient (Wildman–Crippen LogP) is 11.0. The summed E-state index contributed by atoms with van der Waals surface area (Å²) in [6.07, 6.45) is 17.9. The SMILES string of the molecule is Br.CCCCCCCCCCCCCCOc1cc(Cl)ccc1NC(=O)Nc1ccc(CN2C=C(C)SC2)cc1. The van der Waals surface area contributed by atoms with Crippen molar-refractivity contribution in [1.82, 2.24) is 4.90 Å². The zero-order valence-corrected chi connectivity index (χ0v) is 27.5. The molecule has 0 radical (unpaired) electrons. The van der Waals surface area contributed by atoms with Gasteiger partial charge in [-0.3, -0.25) is 0 Å². The molecule has 1 aliphatic heterocycles. The number of benzene rings is 2. The zero-order chi connectivity index (χ0) is 27.7. The Morgan fingerprint density at radius 1 is 0.900 bits per heavy atom. The van der Waals surface area contributed by atoms with E-state index in [0.29, 0.717) is 23.1 Å². The van der Waals surface area contributed by atoms with Crippen molar-refractivity contribution in [3.05, 3.63) is 64.2 Å². The molecule has 0 saturated carbocycles. The molecule has 0 unspecified atom stereocenters. The molecular weight excluding hydrogens is 606 g/mol. The van der Waals surface area contributed by atoms with Crippen molar-refractivity contribution in [2.45, 2.75) is 97.4 Å². The number of halogens is 2. The van der Waals surface area contributed by atoms with E-state index in [4.69, 9.17) is 16.3 Å². The molecule has 0 atom stereocenters. The van der Waals surface area contributed by atoms with Crippen LogP contribution in [0, 0.1) is 0 Å². The van der Waals surface area contributed by atoms with Crippen LogP contribution in [-0.4, -0.2) is 23.4 Å². The fourth-order valence-electron chi connectivity index (χ4n) is 4.66. The lowest BCUT2D eigenvalue weighted by atomic mass is 10.1. The Bertz CT molecular complexity index is 1040. The first-order chi connectivity index (χ1) is 19.0. The number of nitrogens with zero attached hydrogens (tertiary/aromatic N) is 1. The Kier molecular flexibility index (Phi) is 17.3. The summed E-state index contributed by atoms with van der Waals surface area (Å²) in [6, 6.07) is 13.0. The summed E-state index contributed by atoms with van der Waals surface area (Å²) in [5, 5.41) is 6.40. The number of unbranched alkanes of at least 4 members (excludes halogenated alkanes) is 11. The van der Waals surface area contributed by atoms with Crippen LogP contribution < -0.4 is 15.4 Å². The molecule has 3 rings (SSSR count). The highest BCUT2D eigenvalue weighted by Gasteiger charge is 2.11. The largest absolute Gasteiger partial charge is 0.491 e. The van der Waals surface area contributed by atoms with Crippen LogP contribution >= 0.6 is 40.3 Å². The highest BCUT2D eigenvalue weighted by molar-refractivity contribution is 8.93. The maximum atomic E-state index is 12.7. The van der Waals surface area contributed by atoms with Gasteiger partial charge < -0.3 is 20.3 Å². The summed E-state index contributed by atoms with van der Waals surface area (Å²) in [4.78, 5) is 16.3. The number of allylic oxidation sites excluding steroid dienone is 1. The smallest absolute Gasteiger partial charge is 0.323 e. The Hall–Kier alpha value is -1.83. The fourth-order valence-corrected chi connectivity index (χ4v) is 5.59. The third-order valence-electron chi connectivity index (χ3n) is 6.87. The molecule has 0 aromatic heterocycles. The summed E-state index contributed by atoms with van der Waals surface area (Å²) >= 11 is 8.06. The van der Waals surface area contributed by atoms with Gasteiger partial charge in [-0.2, -0.15) is 0 Å². The number of ether oxygens (including phenoxy) is 1. The minimum atomic E-state index is -0.310. The quantitative estimate of drug-likeness (QED) is 0.157. The maximum Gasteiger partial charge on any atom is 0.323 e. The number of nitrogens with one attached hydrogen (secondary N) is 2. The minimum absolute atomic E-state index is 0. The molecule has 2 amide bonds. The van der Waals surface area contributed by atoms with Crippen molar-refractivity contribution < 1.29 is 9.53 Å². The van der Waals surface area contributed by atoms with E-state index in [1.165, 1.54) is 74.7 Å². The van der Waals surface area contributed by atoms with Crippen molar-refractivity contribution in [2.75, 3.05) is 23.1 Å². The molecule has 0 spiro atoms. The van der Waals surface area contributed by atoms with Gasteiger partial charge in [-0.05, 0) is 48.1 Å². The number of carbonyl (C=O) groups is 1. The molecule has 0 saturated heterocycles. The standard InChI is InChI=1S/C32H46ClN3O2S.BrH/c1-3-4-5-6-7-8-9-10-11-12-13-14-21-38-31-22-28(33)17-20-30(31)35-32(37)34-29-18-15-27(16-19-29)24-36-23-26(2)39-25-36;/h15-20,22-23H,3-14,21,24-25H2,1-2H3,(H2,34,35,37);1H. The second-order valence-corrected chi connectivity index (χ2v) is 12.0. The molecule has 0 fully saturated rings. The number of carbonyl (C=O) groups excluding carboxylic acids is 1. The van der Waals surface area contributed by atoms with Crippen LogP contribution in [0.4, 0.5) is 16.2 Å². The predicted molar refractivity (Wildman–Crippen MR) is 179 cm³/mol. The van der Waals surface area contributed by atoms with Crippen LogP contribution in [0.15, 0.2) is 53.6 Å². The lowest BCUT2D eigenvalue weighted by Gasteiger charge is -2.15. The van der Waals surface area contributed by atoms with E-state index in [-0.39, 0.29) is 23.0 Å².